The van der Waals surface area contributed by atoms with Crippen molar-refractivity contribution in [2.45, 2.75) is 57.6 Å². The molecular weight excluding hydrogens is 388 g/mol. The van der Waals surface area contributed by atoms with Gasteiger partial charge in [0.2, 0.25) is 0 Å². The van der Waals surface area contributed by atoms with Crippen molar-refractivity contribution >= 4 is 11.6 Å². The largest absolute Gasteiger partial charge is 0.381 e. The van der Waals surface area contributed by atoms with Crippen LogP contribution in [0.2, 0.25) is 0 Å². The summed E-state index contributed by atoms with van der Waals surface area (Å²) in [5.41, 5.74) is 1.84. The van der Waals surface area contributed by atoms with E-state index in [0.717, 1.165) is 75.8 Å². The number of piperidine rings is 1. The summed E-state index contributed by atoms with van der Waals surface area (Å²) in [5.74, 6) is 1.00. The molecule has 0 spiro atoms. The molecule has 2 heterocycles. The number of Topliss-reactive ketones (excluding diaryl/α,β-unsaturated/α-hetero) is 2. The number of ether oxygens (including phenoxy) is 1. The van der Waals surface area contributed by atoms with Crippen LogP contribution in [0, 0.1) is 11.8 Å². The summed E-state index contributed by atoms with van der Waals surface area (Å²) < 4.78 is 5.59. The smallest absolute Gasteiger partial charge is 0.166 e. The van der Waals surface area contributed by atoms with Crippen molar-refractivity contribution in [3.05, 3.63) is 47.7 Å². The van der Waals surface area contributed by atoms with Gasteiger partial charge in [-0.1, -0.05) is 30.3 Å². The molecular formula is C26H36N2O3. The molecule has 0 bridgehead atoms. The first-order chi connectivity index (χ1) is 15.1. The van der Waals surface area contributed by atoms with Crippen LogP contribution in [0.3, 0.4) is 0 Å². The van der Waals surface area contributed by atoms with Crippen LogP contribution in [0.4, 0.5) is 0 Å². The molecule has 1 aliphatic carbocycles. The molecule has 0 N–H and O–H groups in total. The lowest BCUT2D eigenvalue weighted by Gasteiger charge is -2.37. The highest BCUT2D eigenvalue weighted by Crippen LogP contribution is 2.40. The van der Waals surface area contributed by atoms with Gasteiger partial charge in [0.15, 0.2) is 11.6 Å². The lowest BCUT2D eigenvalue weighted by atomic mass is 9.79. The number of methoxy groups -OCH3 is 1. The van der Waals surface area contributed by atoms with Gasteiger partial charge in [-0.2, -0.15) is 0 Å². The van der Waals surface area contributed by atoms with E-state index in [1.807, 2.05) is 30.3 Å². The average molecular weight is 425 g/mol. The fourth-order valence-electron chi connectivity index (χ4n) is 5.75. The Morgan fingerprint density at radius 3 is 2.45 bits per heavy atom. The van der Waals surface area contributed by atoms with Crippen LogP contribution in [0.25, 0.3) is 0 Å². The second-order valence-electron chi connectivity index (χ2n) is 9.42. The van der Waals surface area contributed by atoms with Gasteiger partial charge in [-0.05, 0) is 65.1 Å². The number of carbonyl (C=O) groups is 2. The summed E-state index contributed by atoms with van der Waals surface area (Å²) in [6.45, 7) is 5.75. The van der Waals surface area contributed by atoms with E-state index in [-0.39, 0.29) is 17.8 Å². The molecule has 0 aromatic heterocycles. The Bertz CT molecular complexity index is 798. The van der Waals surface area contributed by atoms with Gasteiger partial charge < -0.3 is 14.5 Å². The van der Waals surface area contributed by atoms with Crippen molar-refractivity contribution < 1.29 is 14.3 Å². The SMILES string of the molecule is CO[C@@H]1CCC2C(C1)C(C(C)=O)=CN2CCCN1CCC(C(=O)c2ccccc2)CC1. The molecule has 5 nitrogen and oxygen atoms in total. The van der Waals surface area contributed by atoms with Crippen molar-refractivity contribution in [1.29, 1.82) is 0 Å². The summed E-state index contributed by atoms with van der Waals surface area (Å²) in [5, 5.41) is 0. The van der Waals surface area contributed by atoms with Gasteiger partial charge in [-0.25, -0.2) is 0 Å². The number of ketones is 2. The molecule has 2 unspecified atom stereocenters. The number of rotatable bonds is 8. The zero-order valence-corrected chi connectivity index (χ0v) is 19.0. The van der Waals surface area contributed by atoms with Gasteiger partial charge >= 0.3 is 0 Å². The second kappa shape index (κ2) is 10.1. The minimum atomic E-state index is 0.162. The van der Waals surface area contributed by atoms with Gasteiger partial charge in [0, 0.05) is 48.9 Å². The minimum absolute atomic E-state index is 0.162. The molecule has 1 aromatic carbocycles. The molecule has 1 saturated heterocycles. The van der Waals surface area contributed by atoms with E-state index in [0.29, 0.717) is 17.7 Å². The van der Waals surface area contributed by atoms with Gasteiger partial charge in [0.25, 0.3) is 0 Å². The lowest BCUT2D eigenvalue weighted by molar-refractivity contribution is -0.114. The van der Waals surface area contributed by atoms with E-state index in [1.165, 1.54) is 0 Å². The van der Waals surface area contributed by atoms with E-state index in [9.17, 15) is 9.59 Å². The first-order valence-corrected chi connectivity index (χ1v) is 11.9. The molecule has 31 heavy (non-hydrogen) atoms. The Morgan fingerprint density at radius 2 is 1.77 bits per heavy atom. The first-order valence-electron chi connectivity index (χ1n) is 11.9. The Kier molecular flexibility index (Phi) is 7.24. The number of hydrogen-bond acceptors (Lipinski definition) is 5. The quantitative estimate of drug-likeness (QED) is 0.592. The second-order valence-corrected chi connectivity index (χ2v) is 9.42. The van der Waals surface area contributed by atoms with Crippen LogP contribution in [0.5, 0.6) is 0 Å². The molecule has 0 amide bonds. The number of nitrogens with zero attached hydrogens (tertiary/aromatic N) is 2. The Balaban J connectivity index is 1.24. The van der Waals surface area contributed by atoms with Crippen molar-refractivity contribution in [2.75, 3.05) is 33.3 Å². The zero-order chi connectivity index (χ0) is 21.8. The summed E-state index contributed by atoms with van der Waals surface area (Å²) in [6.07, 6.45) is 8.56. The molecule has 4 rings (SSSR count). The van der Waals surface area contributed by atoms with Gasteiger partial charge in [0.05, 0.1) is 6.10 Å². The zero-order valence-electron chi connectivity index (χ0n) is 19.0. The highest BCUT2D eigenvalue weighted by molar-refractivity contribution is 5.97. The molecule has 3 aliphatic rings. The van der Waals surface area contributed by atoms with Crippen LogP contribution in [-0.4, -0.2) is 66.8 Å². The molecule has 5 heteroatoms. The van der Waals surface area contributed by atoms with E-state index in [2.05, 4.69) is 16.0 Å². The normalized spacial score (nSPS) is 27.1. The Morgan fingerprint density at radius 1 is 1.03 bits per heavy atom. The standard InChI is InChI=1S/C26H36N2O3/c1-19(29)24-18-28(25-10-9-22(31-2)17-23(24)25)14-6-13-27-15-11-21(12-16-27)26(30)20-7-4-3-5-8-20/h3-5,7-8,18,21-23,25H,6,9-17H2,1-2H3/t22-,23?,25?/m1/s1. The van der Waals surface area contributed by atoms with Crippen LogP contribution >= 0.6 is 0 Å². The molecule has 168 valence electrons. The summed E-state index contributed by atoms with van der Waals surface area (Å²) >= 11 is 0. The fraction of sp³-hybridized carbons (Fsp3) is 0.615. The molecule has 1 aromatic rings. The highest BCUT2D eigenvalue weighted by atomic mass is 16.5. The van der Waals surface area contributed by atoms with Crippen LogP contribution in [0.1, 0.15) is 55.8 Å². The monoisotopic (exact) mass is 424 g/mol. The van der Waals surface area contributed by atoms with E-state index >= 15 is 0 Å². The van der Waals surface area contributed by atoms with Gasteiger partial charge in [-0.15, -0.1) is 0 Å². The van der Waals surface area contributed by atoms with Crippen LogP contribution in [-0.2, 0) is 9.53 Å². The van der Waals surface area contributed by atoms with Gasteiger partial charge in [0.1, 0.15) is 0 Å². The maximum Gasteiger partial charge on any atom is 0.166 e. The van der Waals surface area contributed by atoms with E-state index in [4.69, 9.17) is 4.74 Å². The molecule has 0 radical (unpaired) electrons. The number of fused-ring (bicyclic) bond motifs is 1. The minimum Gasteiger partial charge on any atom is -0.381 e. The van der Waals surface area contributed by atoms with Crippen LogP contribution in [0.15, 0.2) is 42.1 Å². The number of hydrogen-bond donors (Lipinski definition) is 0. The molecule has 3 atom stereocenters. The predicted molar refractivity (Wildman–Crippen MR) is 122 cm³/mol. The summed E-state index contributed by atoms with van der Waals surface area (Å²) in [6, 6.07) is 10.2. The van der Waals surface area contributed by atoms with Crippen molar-refractivity contribution in [3.63, 3.8) is 0 Å². The highest BCUT2D eigenvalue weighted by Gasteiger charge is 2.41. The number of likely N-dealkylation sites (tertiary alicyclic amines) is 1. The van der Waals surface area contributed by atoms with E-state index < -0.39 is 0 Å². The fourth-order valence-corrected chi connectivity index (χ4v) is 5.75. The maximum absolute atomic E-state index is 12.7. The van der Waals surface area contributed by atoms with Crippen molar-refractivity contribution in [3.8, 4) is 0 Å². The third kappa shape index (κ3) is 5.09. The summed E-state index contributed by atoms with van der Waals surface area (Å²) in [4.78, 5) is 29.8. The average Bonchev–Trinajstić information content (AvgIpc) is 3.17. The molecule has 2 aliphatic heterocycles. The first kappa shape index (κ1) is 22.2. The Labute approximate surface area is 186 Å². The third-order valence-electron chi connectivity index (χ3n) is 7.54. The topological polar surface area (TPSA) is 49.9 Å². The van der Waals surface area contributed by atoms with Crippen molar-refractivity contribution in [2.24, 2.45) is 11.8 Å². The third-order valence-corrected chi connectivity index (χ3v) is 7.54. The maximum atomic E-state index is 12.7. The van der Waals surface area contributed by atoms with E-state index in [1.54, 1.807) is 14.0 Å². The Hall–Kier alpha value is -1.98. The van der Waals surface area contributed by atoms with Crippen LogP contribution < -0.4 is 0 Å². The molecule has 2 fully saturated rings. The van der Waals surface area contributed by atoms with Gasteiger partial charge in [-0.3, -0.25) is 9.59 Å². The number of carbonyl (C=O) groups excluding carboxylic acids is 2. The molecule has 1 saturated carbocycles. The lowest BCUT2D eigenvalue weighted by Crippen LogP contribution is -2.41. The van der Waals surface area contributed by atoms with Crippen molar-refractivity contribution in [1.82, 2.24) is 9.80 Å². The number of benzene rings is 1. The predicted octanol–water partition coefficient (Wildman–Crippen LogP) is 3.94. The summed E-state index contributed by atoms with van der Waals surface area (Å²) in [7, 11) is 1.78.